The maximum atomic E-state index is 13.3. The quantitative estimate of drug-likeness (QED) is 0.465. The van der Waals surface area contributed by atoms with Gasteiger partial charge in [-0.1, -0.05) is 72.3 Å². The second-order valence-electron chi connectivity index (χ2n) is 7.53. The topological polar surface area (TPSA) is 49.4 Å². The van der Waals surface area contributed by atoms with Crippen molar-refractivity contribution in [2.24, 2.45) is 0 Å². The standard InChI is InChI=1S/C25H22ClF3N2O2/c1-31(16-18-11-5-7-13-20(18)25(27,28)29)23(32)15-22(17-9-3-2-4-10-17)30-24(33)19-12-6-8-14-21(19)26/h2-14,22H,15-16H2,1H3,(H,30,33). The van der Waals surface area contributed by atoms with Gasteiger partial charge in [0.25, 0.3) is 5.91 Å². The highest BCUT2D eigenvalue weighted by molar-refractivity contribution is 6.33. The van der Waals surface area contributed by atoms with E-state index in [-0.39, 0.29) is 29.1 Å². The third kappa shape index (κ3) is 6.35. The summed E-state index contributed by atoms with van der Waals surface area (Å²) < 4.78 is 39.9. The first-order chi connectivity index (χ1) is 15.7. The van der Waals surface area contributed by atoms with Crippen molar-refractivity contribution >= 4 is 23.4 Å². The summed E-state index contributed by atoms with van der Waals surface area (Å²) in [6.07, 6.45) is -4.65. The summed E-state index contributed by atoms with van der Waals surface area (Å²) in [5.41, 5.74) is 0.170. The summed E-state index contributed by atoms with van der Waals surface area (Å²) in [6.45, 7) is -0.214. The second-order valence-corrected chi connectivity index (χ2v) is 7.93. The van der Waals surface area contributed by atoms with Crippen LogP contribution >= 0.6 is 11.6 Å². The van der Waals surface area contributed by atoms with Crippen molar-refractivity contribution in [2.45, 2.75) is 25.2 Å². The number of rotatable bonds is 7. The molecule has 0 saturated heterocycles. The minimum absolute atomic E-state index is 0.00258. The first kappa shape index (κ1) is 24.3. The fraction of sp³-hybridized carbons (Fsp3) is 0.200. The zero-order valence-electron chi connectivity index (χ0n) is 17.8. The summed E-state index contributed by atoms with van der Waals surface area (Å²) in [7, 11) is 1.44. The lowest BCUT2D eigenvalue weighted by molar-refractivity contribution is -0.139. The Labute approximate surface area is 195 Å². The van der Waals surface area contributed by atoms with Gasteiger partial charge in [-0.2, -0.15) is 13.2 Å². The van der Waals surface area contributed by atoms with Gasteiger partial charge in [0.1, 0.15) is 0 Å². The van der Waals surface area contributed by atoms with Crippen LogP contribution in [0.25, 0.3) is 0 Å². The largest absolute Gasteiger partial charge is 0.416 e. The molecule has 3 aromatic rings. The lowest BCUT2D eigenvalue weighted by Crippen LogP contribution is -2.35. The SMILES string of the molecule is CN(Cc1ccccc1C(F)(F)F)C(=O)CC(NC(=O)c1ccccc1Cl)c1ccccc1. The molecule has 1 unspecified atom stereocenters. The van der Waals surface area contributed by atoms with E-state index in [2.05, 4.69) is 5.32 Å². The molecule has 8 heteroatoms. The molecule has 2 amide bonds. The van der Waals surface area contributed by atoms with Crippen molar-refractivity contribution in [3.63, 3.8) is 0 Å². The average Bonchev–Trinajstić information content (AvgIpc) is 2.79. The first-order valence-electron chi connectivity index (χ1n) is 10.2. The maximum absolute atomic E-state index is 13.3. The van der Waals surface area contributed by atoms with Gasteiger partial charge >= 0.3 is 6.18 Å². The molecule has 0 fully saturated rings. The number of carbonyl (C=O) groups is 2. The van der Waals surface area contributed by atoms with E-state index in [0.29, 0.717) is 5.56 Å². The van der Waals surface area contributed by atoms with Crippen LogP contribution in [-0.4, -0.2) is 23.8 Å². The van der Waals surface area contributed by atoms with Crippen molar-refractivity contribution in [2.75, 3.05) is 7.05 Å². The molecule has 1 atom stereocenters. The van der Waals surface area contributed by atoms with Gasteiger partial charge in [0.05, 0.1) is 28.6 Å². The molecular weight excluding hydrogens is 453 g/mol. The molecule has 0 radical (unpaired) electrons. The highest BCUT2D eigenvalue weighted by Crippen LogP contribution is 2.32. The molecule has 3 aromatic carbocycles. The van der Waals surface area contributed by atoms with Crippen molar-refractivity contribution in [1.82, 2.24) is 10.2 Å². The number of hydrogen-bond donors (Lipinski definition) is 1. The van der Waals surface area contributed by atoms with Crippen LogP contribution in [-0.2, 0) is 17.5 Å². The van der Waals surface area contributed by atoms with Gasteiger partial charge in [0.2, 0.25) is 5.91 Å². The highest BCUT2D eigenvalue weighted by atomic mass is 35.5. The van der Waals surface area contributed by atoms with E-state index in [9.17, 15) is 22.8 Å². The van der Waals surface area contributed by atoms with E-state index in [0.717, 1.165) is 6.07 Å². The molecule has 0 saturated carbocycles. The molecule has 172 valence electrons. The van der Waals surface area contributed by atoms with Gasteiger partial charge in [-0.25, -0.2) is 0 Å². The summed E-state index contributed by atoms with van der Waals surface area (Å²) in [6, 6.07) is 19.9. The normalized spacial score (nSPS) is 12.2. The van der Waals surface area contributed by atoms with Gasteiger partial charge in [-0.05, 0) is 29.3 Å². The zero-order valence-corrected chi connectivity index (χ0v) is 18.5. The first-order valence-corrected chi connectivity index (χ1v) is 10.5. The predicted molar refractivity (Wildman–Crippen MR) is 121 cm³/mol. The zero-order chi connectivity index (χ0) is 24.0. The minimum atomic E-state index is -4.52. The number of alkyl halides is 3. The van der Waals surface area contributed by atoms with Crippen LogP contribution in [0.1, 0.15) is 39.5 Å². The van der Waals surface area contributed by atoms with Crippen LogP contribution < -0.4 is 5.32 Å². The van der Waals surface area contributed by atoms with Gasteiger partial charge in [0.15, 0.2) is 0 Å². The molecule has 0 aromatic heterocycles. The van der Waals surface area contributed by atoms with Crippen molar-refractivity contribution in [3.8, 4) is 0 Å². The number of benzene rings is 3. The minimum Gasteiger partial charge on any atom is -0.345 e. The molecule has 0 aliphatic carbocycles. The van der Waals surface area contributed by atoms with Gasteiger partial charge in [-0.3, -0.25) is 9.59 Å². The fourth-order valence-electron chi connectivity index (χ4n) is 3.43. The Kier molecular flexibility index (Phi) is 7.76. The van der Waals surface area contributed by atoms with Crippen LogP contribution in [0.4, 0.5) is 13.2 Å². The average molecular weight is 475 g/mol. The second kappa shape index (κ2) is 10.5. The highest BCUT2D eigenvalue weighted by Gasteiger charge is 2.33. The maximum Gasteiger partial charge on any atom is 0.416 e. The van der Waals surface area contributed by atoms with Crippen LogP contribution in [0.2, 0.25) is 5.02 Å². The van der Waals surface area contributed by atoms with E-state index < -0.39 is 29.6 Å². The number of carbonyl (C=O) groups excluding carboxylic acids is 2. The van der Waals surface area contributed by atoms with Crippen LogP contribution in [0.15, 0.2) is 78.9 Å². The molecule has 0 spiro atoms. The Balaban J connectivity index is 1.78. The number of halogens is 4. The van der Waals surface area contributed by atoms with E-state index in [1.807, 2.05) is 0 Å². The van der Waals surface area contributed by atoms with Crippen molar-refractivity contribution in [1.29, 1.82) is 0 Å². The molecular formula is C25H22ClF3N2O2. The van der Waals surface area contributed by atoms with E-state index in [1.54, 1.807) is 54.6 Å². The summed E-state index contributed by atoms with van der Waals surface area (Å²) >= 11 is 6.12. The lowest BCUT2D eigenvalue weighted by Gasteiger charge is -2.24. The Morgan fingerprint density at radius 1 is 0.939 bits per heavy atom. The van der Waals surface area contributed by atoms with Gasteiger partial charge < -0.3 is 10.2 Å². The van der Waals surface area contributed by atoms with Crippen LogP contribution in [0.5, 0.6) is 0 Å². The molecule has 3 rings (SSSR count). The third-order valence-electron chi connectivity index (χ3n) is 5.16. The van der Waals surface area contributed by atoms with E-state index in [1.165, 1.54) is 30.1 Å². The number of nitrogens with zero attached hydrogens (tertiary/aromatic N) is 1. The lowest BCUT2D eigenvalue weighted by atomic mass is 10.0. The molecule has 33 heavy (non-hydrogen) atoms. The fourth-order valence-corrected chi connectivity index (χ4v) is 3.65. The van der Waals surface area contributed by atoms with Crippen LogP contribution in [0.3, 0.4) is 0 Å². The van der Waals surface area contributed by atoms with Crippen molar-refractivity contribution in [3.05, 3.63) is 106 Å². The Hall–Kier alpha value is -3.32. The number of amides is 2. The Bertz CT molecular complexity index is 1120. The smallest absolute Gasteiger partial charge is 0.345 e. The van der Waals surface area contributed by atoms with E-state index >= 15 is 0 Å². The molecule has 0 aliphatic heterocycles. The molecule has 0 aliphatic rings. The summed E-state index contributed by atoms with van der Waals surface area (Å²) in [5, 5.41) is 3.10. The number of hydrogen-bond acceptors (Lipinski definition) is 2. The van der Waals surface area contributed by atoms with E-state index in [4.69, 9.17) is 11.6 Å². The molecule has 0 heterocycles. The van der Waals surface area contributed by atoms with Gasteiger partial charge in [-0.15, -0.1) is 0 Å². The number of nitrogens with one attached hydrogen (secondary N) is 1. The Morgan fingerprint density at radius 3 is 2.21 bits per heavy atom. The third-order valence-corrected chi connectivity index (χ3v) is 5.49. The summed E-state index contributed by atoms with van der Waals surface area (Å²) in [4.78, 5) is 27.0. The van der Waals surface area contributed by atoms with Crippen LogP contribution in [0, 0.1) is 0 Å². The Morgan fingerprint density at radius 2 is 1.55 bits per heavy atom. The monoisotopic (exact) mass is 474 g/mol. The van der Waals surface area contributed by atoms with Crippen molar-refractivity contribution < 1.29 is 22.8 Å². The predicted octanol–water partition coefficient (Wildman–Crippen LogP) is 5.88. The van der Waals surface area contributed by atoms with Gasteiger partial charge in [0, 0.05) is 13.6 Å². The molecule has 1 N–H and O–H groups in total. The molecule has 4 nitrogen and oxygen atoms in total. The summed E-state index contributed by atoms with van der Waals surface area (Å²) in [5.74, 6) is -0.868. The molecule has 0 bridgehead atoms.